The number of nitrogens with one attached hydrogen (secondary N) is 1. The van der Waals surface area contributed by atoms with E-state index in [4.69, 9.17) is 20.8 Å². The number of ether oxygens (including phenoxy) is 1. The van der Waals surface area contributed by atoms with Crippen molar-refractivity contribution in [3.8, 4) is 5.88 Å². The lowest BCUT2D eigenvalue weighted by Crippen LogP contribution is -2.44. The van der Waals surface area contributed by atoms with Gasteiger partial charge in [0.25, 0.3) is 0 Å². The van der Waals surface area contributed by atoms with Gasteiger partial charge in [0.2, 0.25) is 5.88 Å². The summed E-state index contributed by atoms with van der Waals surface area (Å²) < 4.78 is 25.3. The Hall–Kier alpha value is -2.68. The zero-order valence-electron chi connectivity index (χ0n) is 21.1. The number of benzene rings is 2. The van der Waals surface area contributed by atoms with Crippen LogP contribution >= 0.6 is 11.6 Å². The van der Waals surface area contributed by atoms with Crippen molar-refractivity contribution in [2.75, 3.05) is 25.6 Å². The molecule has 1 heterocycles. The molecule has 188 valence electrons. The number of urea groups is 1. The number of aromatic nitrogens is 1. The molecule has 0 saturated heterocycles. The van der Waals surface area contributed by atoms with Crippen LogP contribution in [0.4, 0.5) is 14.9 Å². The minimum Gasteiger partial charge on any atom is -0.481 e. The molecule has 3 aromatic rings. The Bertz CT molecular complexity index is 1200. The zero-order valence-corrected chi connectivity index (χ0v) is 22.9. The smallest absolute Gasteiger partial charge is 0.322 e. The molecule has 35 heavy (non-hydrogen) atoms. The number of fused-ring (bicyclic) bond motifs is 1. The maximum absolute atomic E-state index is 13.6. The van der Waals surface area contributed by atoms with Crippen molar-refractivity contribution in [1.29, 1.82) is 0 Å². The quantitative estimate of drug-likeness (QED) is 0.324. The van der Waals surface area contributed by atoms with Crippen molar-refractivity contribution in [3.05, 3.63) is 65.1 Å². The largest absolute Gasteiger partial charge is 0.481 e. The van der Waals surface area contributed by atoms with Gasteiger partial charge in [0.05, 0.1) is 18.7 Å². The van der Waals surface area contributed by atoms with Gasteiger partial charge < -0.3 is 19.4 Å². The van der Waals surface area contributed by atoms with E-state index in [0.717, 1.165) is 16.3 Å². The van der Waals surface area contributed by atoms with Gasteiger partial charge in [0.1, 0.15) is 5.82 Å². The van der Waals surface area contributed by atoms with Crippen LogP contribution in [0, 0.1) is 5.82 Å². The summed E-state index contributed by atoms with van der Waals surface area (Å²) in [5.74, 6) is -0.0114. The summed E-state index contributed by atoms with van der Waals surface area (Å²) in [7, 11) is -0.405. The van der Waals surface area contributed by atoms with Crippen LogP contribution in [0.1, 0.15) is 26.3 Å². The number of halogens is 2. The summed E-state index contributed by atoms with van der Waals surface area (Å²) in [5, 5.41) is 4.65. The number of amides is 2. The van der Waals surface area contributed by atoms with Gasteiger partial charge in [-0.1, -0.05) is 50.6 Å². The maximum Gasteiger partial charge on any atom is 0.322 e. The van der Waals surface area contributed by atoms with E-state index in [1.807, 2.05) is 24.3 Å². The molecule has 9 heteroatoms. The molecule has 0 fully saturated rings. The first-order valence-electron chi connectivity index (χ1n) is 11.5. The van der Waals surface area contributed by atoms with Crippen molar-refractivity contribution in [2.45, 2.75) is 45.4 Å². The first kappa shape index (κ1) is 26.9. The lowest BCUT2D eigenvalue weighted by atomic mass is 10.1. The van der Waals surface area contributed by atoms with E-state index in [9.17, 15) is 9.18 Å². The molecule has 0 saturated carbocycles. The first-order valence-corrected chi connectivity index (χ1v) is 14.8. The molecular formula is C26H33ClFN3O3Si. The number of methoxy groups -OCH3 is 1. The van der Waals surface area contributed by atoms with Crippen LogP contribution in [0.15, 0.2) is 48.7 Å². The van der Waals surface area contributed by atoms with Crippen LogP contribution in [0.5, 0.6) is 5.88 Å². The van der Waals surface area contributed by atoms with Gasteiger partial charge in [0.15, 0.2) is 8.32 Å². The van der Waals surface area contributed by atoms with E-state index in [-0.39, 0.29) is 16.1 Å². The minimum atomic E-state index is -1.99. The molecule has 0 bridgehead atoms. The van der Waals surface area contributed by atoms with E-state index < -0.39 is 14.1 Å². The molecule has 0 unspecified atom stereocenters. The molecule has 3 rings (SSSR count). The maximum atomic E-state index is 13.6. The van der Waals surface area contributed by atoms with Gasteiger partial charge in [0, 0.05) is 30.4 Å². The molecule has 0 spiro atoms. The molecule has 2 amide bonds. The number of hydrogen-bond acceptors (Lipinski definition) is 4. The van der Waals surface area contributed by atoms with Gasteiger partial charge in [-0.05, 0) is 53.3 Å². The third-order valence-corrected chi connectivity index (χ3v) is 11.3. The van der Waals surface area contributed by atoms with Gasteiger partial charge in [-0.2, -0.15) is 0 Å². The molecule has 1 aromatic heterocycles. The van der Waals surface area contributed by atoms with Crippen molar-refractivity contribution >= 4 is 42.4 Å². The Kier molecular flexibility index (Phi) is 8.40. The lowest BCUT2D eigenvalue weighted by molar-refractivity contribution is 0.187. The SMILES string of the molecule is COc1ncc(CN(CCO[Si](C)(C)C(C)(C)C)C(=O)Nc2ccc(F)c(Cl)c2)c2ccccc12. The summed E-state index contributed by atoms with van der Waals surface area (Å²) in [6, 6.07) is 11.5. The Labute approximate surface area is 212 Å². The summed E-state index contributed by atoms with van der Waals surface area (Å²) >= 11 is 5.90. The monoisotopic (exact) mass is 517 g/mol. The first-order chi connectivity index (χ1) is 16.4. The second kappa shape index (κ2) is 10.9. The van der Waals surface area contributed by atoms with Gasteiger partial charge in [-0.25, -0.2) is 14.2 Å². The summed E-state index contributed by atoms with van der Waals surface area (Å²) in [6.07, 6.45) is 1.73. The molecule has 1 N–H and O–H groups in total. The van der Waals surface area contributed by atoms with Crippen molar-refractivity contribution < 1.29 is 18.3 Å². The van der Waals surface area contributed by atoms with Crippen LogP contribution < -0.4 is 10.1 Å². The normalized spacial score (nSPS) is 12.0. The van der Waals surface area contributed by atoms with Crippen molar-refractivity contribution in [1.82, 2.24) is 9.88 Å². The third kappa shape index (κ3) is 6.51. The van der Waals surface area contributed by atoms with Crippen molar-refractivity contribution in [2.24, 2.45) is 0 Å². The van der Waals surface area contributed by atoms with Gasteiger partial charge >= 0.3 is 6.03 Å². The number of pyridine rings is 1. The molecule has 0 aliphatic heterocycles. The number of carbonyl (C=O) groups is 1. The number of hydrogen-bond donors (Lipinski definition) is 1. The number of anilines is 1. The van der Waals surface area contributed by atoms with E-state index in [1.165, 1.54) is 18.2 Å². The highest BCUT2D eigenvalue weighted by atomic mass is 35.5. The molecule has 0 aliphatic rings. The second-order valence-corrected chi connectivity index (χ2v) is 15.1. The van der Waals surface area contributed by atoms with Crippen molar-refractivity contribution in [3.63, 3.8) is 0 Å². The average molecular weight is 518 g/mol. The predicted octanol–water partition coefficient (Wildman–Crippen LogP) is 7.09. The number of nitrogens with zero attached hydrogens (tertiary/aromatic N) is 2. The van der Waals surface area contributed by atoms with Crippen LogP contribution in [0.3, 0.4) is 0 Å². The van der Waals surface area contributed by atoms with Gasteiger partial charge in [-0.3, -0.25) is 0 Å². The Morgan fingerprint density at radius 2 is 1.86 bits per heavy atom. The second-order valence-electron chi connectivity index (χ2n) is 9.93. The van der Waals surface area contributed by atoms with Crippen LogP contribution in [0.25, 0.3) is 10.8 Å². The van der Waals surface area contributed by atoms with Crippen LogP contribution in [-0.4, -0.2) is 44.5 Å². The van der Waals surface area contributed by atoms with E-state index in [0.29, 0.717) is 31.3 Å². The Morgan fingerprint density at radius 3 is 2.49 bits per heavy atom. The van der Waals surface area contributed by atoms with E-state index in [1.54, 1.807) is 18.2 Å². The number of rotatable bonds is 8. The molecular weight excluding hydrogens is 485 g/mol. The topological polar surface area (TPSA) is 63.7 Å². The van der Waals surface area contributed by atoms with E-state index in [2.05, 4.69) is 44.2 Å². The summed E-state index contributed by atoms with van der Waals surface area (Å²) in [5.41, 5.74) is 1.29. The Balaban J connectivity index is 1.86. The fourth-order valence-corrected chi connectivity index (χ4v) is 4.59. The van der Waals surface area contributed by atoms with Crippen LogP contribution in [-0.2, 0) is 11.0 Å². The summed E-state index contributed by atoms with van der Waals surface area (Å²) in [4.78, 5) is 19.4. The van der Waals surface area contributed by atoms with E-state index >= 15 is 0 Å². The molecule has 0 atom stereocenters. The third-order valence-electron chi connectivity index (χ3n) is 6.48. The standard InChI is InChI=1S/C26H33ClFN3O3Si/c1-26(2,3)35(5,6)34-14-13-31(25(32)30-19-11-12-23(28)22(27)15-19)17-18-16-29-24(33-4)21-10-8-7-9-20(18)21/h7-12,15-16H,13-14,17H2,1-6H3,(H,30,32). The number of carbonyl (C=O) groups excluding carboxylic acids is 1. The summed E-state index contributed by atoms with van der Waals surface area (Å²) in [6.45, 7) is 12.0. The minimum absolute atomic E-state index is 0.0547. The fourth-order valence-electron chi connectivity index (χ4n) is 3.38. The fraction of sp³-hybridized carbons (Fsp3) is 0.385. The highest BCUT2D eigenvalue weighted by molar-refractivity contribution is 6.74. The molecule has 0 radical (unpaired) electrons. The average Bonchev–Trinajstić information content (AvgIpc) is 2.80. The lowest BCUT2D eigenvalue weighted by Gasteiger charge is -2.37. The van der Waals surface area contributed by atoms with Crippen LogP contribution in [0.2, 0.25) is 23.2 Å². The predicted molar refractivity (Wildman–Crippen MR) is 142 cm³/mol. The van der Waals surface area contributed by atoms with Gasteiger partial charge in [-0.15, -0.1) is 0 Å². The highest BCUT2D eigenvalue weighted by Crippen LogP contribution is 2.36. The molecule has 0 aliphatic carbocycles. The Morgan fingerprint density at radius 1 is 1.17 bits per heavy atom. The zero-order chi connectivity index (χ0) is 25.8. The highest BCUT2D eigenvalue weighted by Gasteiger charge is 2.37. The molecule has 2 aromatic carbocycles. The molecule has 6 nitrogen and oxygen atoms in total.